The van der Waals surface area contributed by atoms with Crippen LogP contribution in [0.1, 0.15) is 27.9 Å². The summed E-state index contributed by atoms with van der Waals surface area (Å²) in [5.74, 6) is 5.66. The third-order valence-electron chi connectivity index (χ3n) is 2.84. The summed E-state index contributed by atoms with van der Waals surface area (Å²) in [7, 11) is 0. The van der Waals surface area contributed by atoms with Crippen LogP contribution in [0.3, 0.4) is 0 Å². The molecule has 2 rings (SSSR count). The maximum absolute atomic E-state index is 12.2. The zero-order valence-electron chi connectivity index (χ0n) is 11.9. The molecule has 3 heteroatoms. The average Bonchev–Trinajstić information content (AvgIpc) is 2.48. The molecule has 2 aromatic carbocycles. The van der Waals surface area contributed by atoms with Crippen molar-refractivity contribution in [3.05, 3.63) is 65.2 Å². The quantitative estimate of drug-likeness (QED) is 0.849. The maximum Gasteiger partial charge on any atom is 0.255 e. The van der Waals surface area contributed by atoms with Crippen LogP contribution in [-0.4, -0.2) is 17.6 Å². The van der Waals surface area contributed by atoms with Crippen molar-refractivity contribution in [3.8, 4) is 11.8 Å². The van der Waals surface area contributed by atoms with Gasteiger partial charge in [-0.25, -0.2) is 0 Å². The van der Waals surface area contributed by atoms with E-state index in [1.54, 1.807) is 6.07 Å². The summed E-state index contributed by atoms with van der Waals surface area (Å²) in [6.07, 6.45) is 0.430. The predicted octanol–water partition coefficient (Wildman–Crippen LogP) is 2.98. The number of aliphatic hydroxyl groups excluding tert-OH is 1. The Balaban J connectivity index is 2.19. The number of hydrogen-bond donors (Lipinski definition) is 2. The number of anilines is 1. The molecule has 0 saturated carbocycles. The van der Waals surface area contributed by atoms with E-state index in [9.17, 15) is 4.79 Å². The van der Waals surface area contributed by atoms with E-state index in [1.165, 1.54) is 0 Å². The van der Waals surface area contributed by atoms with E-state index in [1.807, 2.05) is 49.4 Å². The normalized spacial score (nSPS) is 9.62. The fourth-order valence-corrected chi connectivity index (χ4v) is 1.93. The molecule has 0 saturated heterocycles. The molecule has 0 bridgehead atoms. The van der Waals surface area contributed by atoms with E-state index in [0.717, 1.165) is 16.8 Å². The maximum atomic E-state index is 12.2. The molecule has 2 aromatic rings. The van der Waals surface area contributed by atoms with Gasteiger partial charge in [0.2, 0.25) is 0 Å². The van der Waals surface area contributed by atoms with Crippen LogP contribution in [0.4, 0.5) is 5.69 Å². The highest BCUT2D eigenvalue weighted by atomic mass is 16.2. The lowest BCUT2D eigenvalue weighted by Crippen LogP contribution is -2.12. The van der Waals surface area contributed by atoms with Crippen LogP contribution in [0, 0.1) is 18.8 Å². The van der Waals surface area contributed by atoms with Crippen molar-refractivity contribution in [1.29, 1.82) is 0 Å². The van der Waals surface area contributed by atoms with Crippen molar-refractivity contribution in [2.75, 3.05) is 11.9 Å². The standard InChI is InChI=1S/C18H17NO2/c1-14-11-15(7-5-6-10-20)13-16(12-14)18(21)19-17-8-3-2-4-9-17/h2-4,8-9,11-13,20H,6,10H2,1H3,(H,19,21). The minimum atomic E-state index is -0.157. The lowest BCUT2D eigenvalue weighted by atomic mass is 10.1. The topological polar surface area (TPSA) is 49.3 Å². The van der Waals surface area contributed by atoms with Crippen LogP contribution in [0.5, 0.6) is 0 Å². The molecule has 2 N–H and O–H groups in total. The molecule has 0 aliphatic carbocycles. The van der Waals surface area contributed by atoms with E-state index < -0.39 is 0 Å². The van der Waals surface area contributed by atoms with E-state index in [2.05, 4.69) is 17.2 Å². The van der Waals surface area contributed by atoms with Crippen molar-refractivity contribution < 1.29 is 9.90 Å². The zero-order valence-corrected chi connectivity index (χ0v) is 11.9. The number of aliphatic hydroxyl groups is 1. The molecule has 106 valence electrons. The smallest absolute Gasteiger partial charge is 0.255 e. The van der Waals surface area contributed by atoms with Gasteiger partial charge in [0.15, 0.2) is 0 Å². The van der Waals surface area contributed by atoms with Gasteiger partial charge < -0.3 is 10.4 Å². The Labute approximate surface area is 124 Å². The lowest BCUT2D eigenvalue weighted by molar-refractivity contribution is 0.102. The first kappa shape index (κ1) is 14.8. The van der Waals surface area contributed by atoms with Gasteiger partial charge >= 0.3 is 0 Å². The highest BCUT2D eigenvalue weighted by Gasteiger charge is 2.07. The molecule has 3 nitrogen and oxygen atoms in total. The molecule has 0 aliphatic heterocycles. The Hall–Kier alpha value is -2.57. The fraction of sp³-hybridized carbons (Fsp3) is 0.167. The number of para-hydroxylation sites is 1. The van der Waals surface area contributed by atoms with Gasteiger partial charge in [-0.2, -0.15) is 0 Å². The van der Waals surface area contributed by atoms with Crippen molar-refractivity contribution in [2.24, 2.45) is 0 Å². The Morgan fingerprint density at radius 1 is 1.19 bits per heavy atom. The Kier molecular flexibility index (Phi) is 5.14. The van der Waals surface area contributed by atoms with Gasteiger partial charge in [-0.3, -0.25) is 4.79 Å². The lowest BCUT2D eigenvalue weighted by Gasteiger charge is -2.06. The minimum absolute atomic E-state index is 0.0418. The number of carbonyl (C=O) groups is 1. The molecule has 0 aromatic heterocycles. The molecule has 21 heavy (non-hydrogen) atoms. The number of nitrogens with one attached hydrogen (secondary N) is 1. The molecule has 0 unspecified atom stereocenters. The third kappa shape index (κ3) is 4.48. The Morgan fingerprint density at radius 3 is 2.67 bits per heavy atom. The van der Waals surface area contributed by atoms with Crippen molar-refractivity contribution >= 4 is 11.6 Å². The van der Waals surface area contributed by atoms with Gasteiger partial charge in [-0.05, 0) is 42.8 Å². The highest BCUT2D eigenvalue weighted by molar-refractivity contribution is 6.04. The van der Waals surface area contributed by atoms with E-state index >= 15 is 0 Å². The number of hydrogen-bond acceptors (Lipinski definition) is 2. The van der Waals surface area contributed by atoms with Crippen LogP contribution in [0.15, 0.2) is 48.5 Å². The summed E-state index contributed by atoms with van der Waals surface area (Å²) >= 11 is 0. The largest absolute Gasteiger partial charge is 0.395 e. The van der Waals surface area contributed by atoms with Crippen LogP contribution >= 0.6 is 0 Å². The minimum Gasteiger partial charge on any atom is -0.395 e. The Bertz CT molecular complexity index is 681. The highest BCUT2D eigenvalue weighted by Crippen LogP contribution is 2.12. The zero-order chi connectivity index (χ0) is 15.1. The predicted molar refractivity (Wildman–Crippen MR) is 84.2 cm³/mol. The van der Waals surface area contributed by atoms with Crippen molar-refractivity contribution in [3.63, 3.8) is 0 Å². The van der Waals surface area contributed by atoms with Gasteiger partial charge in [0.25, 0.3) is 5.91 Å². The summed E-state index contributed by atoms with van der Waals surface area (Å²) in [6.45, 7) is 1.97. The monoisotopic (exact) mass is 279 g/mol. The molecule has 0 spiro atoms. The fourth-order valence-electron chi connectivity index (χ4n) is 1.93. The number of carbonyl (C=O) groups excluding carboxylic acids is 1. The number of benzene rings is 2. The second kappa shape index (κ2) is 7.28. The molecule has 0 fully saturated rings. The first-order chi connectivity index (χ1) is 10.2. The van der Waals surface area contributed by atoms with Crippen LogP contribution in [0.2, 0.25) is 0 Å². The van der Waals surface area contributed by atoms with Crippen LogP contribution in [0.25, 0.3) is 0 Å². The third-order valence-corrected chi connectivity index (χ3v) is 2.84. The van der Waals surface area contributed by atoms with Crippen LogP contribution < -0.4 is 5.32 Å². The van der Waals surface area contributed by atoms with Gasteiger partial charge in [0.05, 0.1) is 6.61 Å². The van der Waals surface area contributed by atoms with Crippen LogP contribution in [-0.2, 0) is 0 Å². The first-order valence-corrected chi connectivity index (χ1v) is 6.77. The van der Waals surface area contributed by atoms with E-state index in [4.69, 9.17) is 5.11 Å². The molecule has 0 radical (unpaired) electrons. The molecule has 0 atom stereocenters. The summed E-state index contributed by atoms with van der Waals surface area (Å²) in [4.78, 5) is 12.2. The molecule has 1 amide bonds. The number of amides is 1. The molecular formula is C18H17NO2. The Morgan fingerprint density at radius 2 is 1.95 bits per heavy atom. The molecule has 0 aliphatic rings. The first-order valence-electron chi connectivity index (χ1n) is 6.77. The molecular weight excluding hydrogens is 262 g/mol. The van der Waals surface area contributed by atoms with Crippen molar-refractivity contribution in [1.82, 2.24) is 0 Å². The van der Waals surface area contributed by atoms with Crippen molar-refractivity contribution in [2.45, 2.75) is 13.3 Å². The molecule has 0 heterocycles. The average molecular weight is 279 g/mol. The number of rotatable bonds is 3. The second-order valence-corrected chi connectivity index (χ2v) is 4.68. The van der Waals surface area contributed by atoms with Gasteiger partial charge in [0, 0.05) is 23.2 Å². The summed E-state index contributed by atoms with van der Waals surface area (Å²) in [5, 5.41) is 11.6. The van der Waals surface area contributed by atoms with Gasteiger partial charge in [-0.1, -0.05) is 30.0 Å². The summed E-state index contributed by atoms with van der Waals surface area (Å²) in [5.41, 5.74) is 3.09. The van der Waals surface area contributed by atoms with E-state index in [-0.39, 0.29) is 12.5 Å². The summed E-state index contributed by atoms with van der Waals surface area (Å²) < 4.78 is 0. The SMILES string of the molecule is Cc1cc(C#CCCO)cc(C(=O)Nc2ccccc2)c1. The summed E-state index contributed by atoms with van der Waals surface area (Å²) in [6, 6.07) is 14.8. The second-order valence-electron chi connectivity index (χ2n) is 4.68. The van der Waals surface area contributed by atoms with E-state index in [0.29, 0.717) is 12.0 Å². The van der Waals surface area contributed by atoms with Gasteiger partial charge in [-0.15, -0.1) is 0 Å². The van der Waals surface area contributed by atoms with Gasteiger partial charge in [0.1, 0.15) is 0 Å². The number of aryl methyl sites for hydroxylation is 1.